The summed E-state index contributed by atoms with van der Waals surface area (Å²) in [6.07, 6.45) is 0. The zero-order valence-electron chi connectivity index (χ0n) is 45.0. The number of rotatable bonds is 4. The summed E-state index contributed by atoms with van der Waals surface area (Å²) >= 11 is 0. The van der Waals surface area contributed by atoms with Crippen LogP contribution in [0.1, 0.15) is 136 Å². The summed E-state index contributed by atoms with van der Waals surface area (Å²) in [6, 6.07) is 75.1. The molecule has 10 aromatic rings. The Balaban J connectivity index is 0.899. The molecule has 5 aliphatic carbocycles. The second kappa shape index (κ2) is 14.7. The van der Waals surface area contributed by atoms with E-state index < -0.39 is 0 Å². The van der Waals surface area contributed by atoms with E-state index >= 15 is 0 Å². The SMILES string of the molecule is CC1(C)C(c2ccc3c(c2)C(C)(C)c2cc4c(cc2-3)C(C)(C)c2ccc3ccccc3c2-4)=C(c2ccccc2)C(c2ccccc2)=C1c1ccc2c(c1)C(C)(C)c1cc3c(cc1-2)C(C)(C)c1ccc2ccccc2c1-3. The maximum atomic E-state index is 2.59. The van der Waals surface area contributed by atoms with E-state index in [1.54, 1.807) is 0 Å². The fourth-order valence-electron chi connectivity index (χ4n) is 15.6. The van der Waals surface area contributed by atoms with Gasteiger partial charge in [-0.25, -0.2) is 0 Å². The van der Waals surface area contributed by atoms with Gasteiger partial charge in [-0.1, -0.05) is 227 Å². The lowest BCUT2D eigenvalue weighted by Gasteiger charge is -2.31. The summed E-state index contributed by atoms with van der Waals surface area (Å²) in [7, 11) is 0. The van der Waals surface area contributed by atoms with Crippen LogP contribution in [0.3, 0.4) is 0 Å². The fourth-order valence-corrected chi connectivity index (χ4v) is 15.6. The molecule has 0 fully saturated rings. The predicted octanol–water partition coefficient (Wildman–Crippen LogP) is 19.8. The van der Waals surface area contributed by atoms with Crippen LogP contribution >= 0.6 is 0 Å². The third-order valence-electron chi connectivity index (χ3n) is 19.4. The smallest absolute Gasteiger partial charge is 0.0171 e. The van der Waals surface area contributed by atoms with E-state index in [4.69, 9.17) is 0 Å². The van der Waals surface area contributed by atoms with Gasteiger partial charge in [0.2, 0.25) is 0 Å². The molecular formula is C75H62. The van der Waals surface area contributed by atoms with Gasteiger partial charge in [0.25, 0.3) is 0 Å². The third kappa shape index (κ3) is 5.73. The van der Waals surface area contributed by atoms with Gasteiger partial charge >= 0.3 is 0 Å². The molecule has 0 heteroatoms. The van der Waals surface area contributed by atoms with Gasteiger partial charge in [0.15, 0.2) is 0 Å². The molecule has 0 heterocycles. The standard InChI is InChI=1S/C75H62/c1-71(2)57-35-31-43-21-17-19-27-49(43)67(57)55-41-61-53(39-63(55)71)51-33-29-47(37-59(51)73(61,5)6)69-65(45-23-13-11-14-24-45)66(46-25-15-12-16-26-46)70(75(69,9)10)48-30-34-52-54-40-64-56(42-62(54)74(7,8)60(52)38-48)68-50-28-20-18-22-44(50)32-36-58(68)72(64,3)4/h11-42H,1-10H3. The fraction of sp³-hybridized carbons (Fsp3) is 0.200. The van der Waals surface area contributed by atoms with Crippen molar-refractivity contribution in [1.29, 1.82) is 0 Å². The second-order valence-electron chi connectivity index (χ2n) is 25.2. The number of benzene rings is 10. The van der Waals surface area contributed by atoms with Crippen molar-refractivity contribution in [3.8, 4) is 44.5 Å². The van der Waals surface area contributed by atoms with Gasteiger partial charge in [-0.3, -0.25) is 0 Å². The molecule has 0 amide bonds. The van der Waals surface area contributed by atoms with Crippen molar-refractivity contribution >= 4 is 43.8 Å². The highest BCUT2D eigenvalue weighted by atomic mass is 14.5. The second-order valence-corrected chi connectivity index (χ2v) is 25.2. The van der Waals surface area contributed by atoms with Crippen LogP contribution in [0, 0.1) is 5.41 Å². The Bertz CT molecular complexity index is 4000. The predicted molar refractivity (Wildman–Crippen MR) is 318 cm³/mol. The highest BCUT2D eigenvalue weighted by Gasteiger charge is 2.47. The normalized spacial score (nSPS) is 17.9. The Morgan fingerprint density at radius 3 is 0.973 bits per heavy atom. The summed E-state index contributed by atoms with van der Waals surface area (Å²) in [6.45, 7) is 24.5. The first kappa shape index (κ1) is 44.7. The molecule has 0 unspecified atom stereocenters. The maximum absolute atomic E-state index is 2.59. The highest BCUT2D eigenvalue weighted by Crippen LogP contribution is 2.64. The molecular weight excluding hydrogens is 901 g/mol. The largest absolute Gasteiger partial charge is 0.0622 e. The van der Waals surface area contributed by atoms with Crippen molar-refractivity contribution < 1.29 is 0 Å². The van der Waals surface area contributed by atoms with Crippen molar-refractivity contribution in [2.75, 3.05) is 0 Å². The molecule has 10 aromatic carbocycles. The highest BCUT2D eigenvalue weighted by molar-refractivity contribution is 6.29. The van der Waals surface area contributed by atoms with Crippen LogP contribution in [0.4, 0.5) is 0 Å². The monoisotopic (exact) mass is 962 g/mol. The first-order valence-electron chi connectivity index (χ1n) is 27.3. The summed E-state index contributed by atoms with van der Waals surface area (Å²) in [5.74, 6) is 0. The molecule has 0 aliphatic heterocycles. The van der Waals surface area contributed by atoms with Gasteiger partial charge in [0, 0.05) is 27.1 Å². The third-order valence-corrected chi connectivity index (χ3v) is 19.4. The van der Waals surface area contributed by atoms with E-state index in [1.807, 2.05) is 0 Å². The molecule has 0 nitrogen and oxygen atoms in total. The van der Waals surface area contributed by atoms with Gasteiger partial charge in [-0.15, -0.1) is 0 Å². The van der Waals surface area contributed by atoms with E-state index in [9.17, 15) is 0 Å². The minimum absolute atomic E-state index is 0.107. The summed E-state index contributed by atoms with van der Waals surface area (Å²) < 4.78 is 0. The van der Waals surface area contributed by atoms with Crippen LogP contribution in [0.25, 0.3) is 88.3 Å². The minimum atomic E-state index is -0.379. The molecule has 0 atom stereocenters. The van der Waals surface area contributed by atoms with Crippen LogP contribution in [0.2, 0.25) is 0 Å². The van der Waals surface area contributed by atoms with Crippen molar-refractivity contribution in [1.82, 2.24) is 0 Å². The van der Waals surface area contributed by atoms with E-state index in [1.165, 1.54) is 155 Å². The van der Waals surface area contributed by atoms with Crippen molar-refractivity contribution in [2.24, 2.45) is 5.41 Å². The molecule has 0 saturated carbocycles. The molecule has 0 bridgehead atoms. The Hall–Kier alpha value is -7.80. The molecule has 5 aliphatic rings. The zero-order valence-corrected chi connectivity index (χ0v) is 45.0. The van der Waals surface area contributed by atoms with Gasteiger partial charge in [-0.2, -0.15) is 0 Å². The molecule has 0 N–H and O–H groups in total. The average molecular weight is 963 g/mol. The summed E-state index contributed by atoms with van der Waals surface area (Å²) in [4.78, 5) is 0. The van der Waals surface area contributed by atoms with Gasteiger partial charge in [-0.05, 0) is 192 Å². The average Bonchev–Trinajstić information content (AvgIpc) is 4.22. The molecule has 0 radical (unpaired) electrons. The van der Waals surface area contributed by atoms with Crippen molar-refractivity contribution in [2.45, 2.75) is 90.9 Å². The molecule has 0 spiro atoms. The van der Waals surface area contributed by atoms with Gasteiger partial charge in [0.1, 0.15) is 0 Å². The Morgan fingerprint density at radius 2 is 0.560 bits per heavy atom. The minimum Gasteiger partial charge on any atom is -0.0622 e. The van der Waals surface area contributed by atoms with Crippen LogP contribution < -0.4 is 0 Å². The van der Waals surface area contributed by atoms with Crippen LogP contribution in [0.15, 0.2) is 194 Å². The quantitative estimate of drug-likeness (QED) is 0.165. The van der Waals surface area contributed by atoms with Gasteiger partial charge < -0.3 is 0 Å². The first-order valence-corrected chi connectivity index (χ1v) is 27.3. The number of allylic oxidation sites excluding steroid dienone is 4. The van der Waals surface area contributed by atoms with E-state index in [0.717, 1.165) is 0 Å². The lowest BCUT2D eigenvalue weighted by atomic mass is 9.72. The first-order chi connectivity index (χ1) is 36.0. The van der Waals surface area contributed by atoms with Crippen LogP contribution in [-0.4, -0.2) is 0 Å². The number of hydrogen-bond donors (Lipinski definition) is 0. The van der Waals surface area contributed by atoms with E-state index in [0.29, 0.717) is 0 Å². The lowest BCUT2D eigenvalue weighted by molar-refractivity contribution is 0.650. The van der Waals surface area contributed by atoms with Crippen molar-refractivity contribution in [3.63, 3.8) is 0 Å². The molecule has 0 aromatic heterocycles. The molecule has 15 rings (SSSR count). The topological polar surface area (TPSA) is 0 Å². The van der Waals surface area contributed by atoms with E-state index in [2.05, 4.69) is 263 Å². The number of hydrogen-bond acceptors (Lipinski definition) is 0. The molecule has 362 valence electrons. The zero-order chi connectivity index (χ0) is 51.3. The number of fused-ring (bicyclic) bond motifs is 16. The summed E-state index contributed by atoms with van der Waals surface area (Å²) in [5, 5.41) is 5.31. The van der Waals surface area contributed by atoms with Crippen LogP contribution in [-0.2, 0) is 21.7 Å². The molecule has 0 saturated heterocycles. The lowest BCUT2D eigenvalue weighted by Crippen LogP contribution is -2.18. The van der Waals surface area contributed by atoms with Gasteiger partial charge in [0.05, 0.1) is 0 Å². The van der Waals surface area contributed by atoms with Crippen molar-refractivity contribution in [3.05, 3.63) is 261 Å². The van der Waals surface area contributed by atoms with Crippen LogP contribution in [0.5, 0.6) is 0 Å². The maximum Gasteiger partial charge on any atom is 0.0171 e. The summed E-state index contributed by atoms with van der Waals surface area (Å²) in [5.41, 5.74) is 31.9. The Morgan fingerprint density at radius 1 is 0.227 bits per heavy atom. The molecule has 75 heavy (non-hydrogen) atoms. The Labute approximate surface area is 443 Å². The Kier molecular flexibility index (Phi) is 8.78. The van der Waals surface area contributed by atoms with E-state index in [-0.39, 0.29) is 27.1 Å².